The standard InChI is InChI=1S/C13H23NO3/c1-9-6-5-7-10(2)14(9)11(15)8-13(3,4)12(16)17/h9-10H,5-8H2,1-4H3,(H,16,17). The highest BCUT2D eigenvalue weighted by atomic mass is 16.4. The van der Waals surface area contributed by atoms with Gasteiger partial charge in [0, 0.05) is 18.5 Å². The van der Waals surface area contributed by atoms with Gasteiger partial charge in [-0.15, -0.1) is 0 Å². The summed E-state index contributed by atoms with van der Waals surface area (Å²) in [4.78, 5) is 25.1. The lowest BCUT2D eigenvalue weighted by Gasteiger charge is -2.40. The Morgan fingerprint density at radius 1 is 1.24 bits per heavy atom. The van der Waals surface area contributed by atoms with E-state index in [1.54, 1.807) is 13.8 Å². The van der Waals surface area contributed by atoms with Crippen molar-refractivity contribution < 1.29 is 14.7 Å². The minimum atomic E-state index is -0.978. The SMILES string of the molecule is CC1CCCC(C)N1C(=O)CC(C)(C)C(=O)O. The van der Waals surface area contributed by atoms with Crippen LogP contribution in [0.3, 0.4) is 0 Å². The van der Waals surface area contributed by atoms with Crippen LogP contribution in [0.1, 0.15) is 53.4 Å². The van der Waals surface area contributed by atoms with E-state index in [-0.39, 0.29) is 24.4 Å². The maximum absolute atomic E-state index is 12.2. The van der Waals surface area contributed by atoms with Crippen LogP contribution in [-0.2, 0) is 9.59 Å². The van der Waals surface area contributed by atoms with Crippen LogP contribution in [0.4, 0.5) is 0 Å². The highest BCUT2D eigenvalue weighted by Crippen LogP contribution is 2.27. The predicted octanol–water partition coefficient (Wildman–Crippen LogP) is 2.28. The second kappa shape index (κ2) is 5.07. The number of amides is 1. The van der Waals surface area contributed by atoms with Crippen molar-refractivity contribution in [1.29, 1.82) is 0 Å². The number of carbonyl (C=O) groups is 2. The molecule has 0 aromatic carbocycles. The molecule has 1 heterocycles. The number of likely N-dealkylation sites (tertiary alicyclic amines) is 1. The summed E-state index contributed by atoms with van der Waals surface area (Å²) in [6.45, 7) is 7.29. The van der Waals surface area contributed by atoms with Gasteiger partial charge in [-0.2, -0.15) is 0 Å². The molecule has 4 nitrogen and oxygen atoms in total. The summed E-state index contributed by atoms with van der Waals surface area (Å²) in [7, 11) is 0. The largest absolute Gasteiger partial charge is 0.481 e. The number of aliphatic carboxylic acids is 1. The van der Waals surface area contributed by atoms with Crippen molar-refractivity contribution in [2.24, 2.45) is 5.41 Å². The third kappa shape index (κ3) is 3.20. The topological polar surface area (TPSA) is 57.6 Å². The molecule has 0 aliphatic carbocycles. The fraction of sp³-hybridized carbons (Fsp3) is 0.846. The average Bonchev–Trinajstić information content (AvgIpc) is 2.15. The van der Waals surface area contributed by atoms with E-state index in [1.165, 1.54) is 0 Å². The van der Waals surface area contributed by atoms with Gasteiger partial charge in [0.25, 0.3) is 0 Å². The normalized spacial score (nSPS) is 25.8. The zero-order chi connectivity index (χ0) is 13.2. The molecule has 1 fully saturated rings. The summed E-state index contributed by atoms with van der Waals surface area (Å²) < 4.78 is 0. The van der Waals surface area contributed by atoms with Crippen molar-refractivity contribution in [3.8, 4) is 0 Å². The van der Waals surface area contributed by atoms with Gasteiger partial charge in [0.1, 0.15) is 0 Å². The average molecular weight is 241 g/mol. The molecule has 2 unspecified atom stereocenters. The van der Waals surface area contributed by atoms with Crippen molar-refractivity contribution in [2.45, 2.75) is 65.5 Å². The number of carboxylic acids is 1. The van der Waals surface area contributed by atoms with Crippen LogP contribution in [0.15, 0.2) is 0 Å². The molecular weight excluding hydrogens is 218 g/mol. The third-order valence-corrected chi connectivity index (χ3v) is 3.65. The lowest BCUT2D eigenvalue weighted by molar-refractivity contribution is -0.153. The van der Waals surface area contributed by atoms with Gasteiger partial charge in [0.05, 0.1) is 5.41 Å². The molecule has 1 rings (SSSR count). The van der Waals surface area contributed by atoms with Crippen molar-refractivity contribution in [2.75, 3.05) is 0 Å². The summed E-state index contributed by atoms with van der Waals surface area (Å²) in [6.07, 6.45) is 3.26. The highest BCUT2D eigenvalue weighted by molar-refractivity contribution is 5.84. The van der Waals surface area contributed by atoms with Crippen LogP contribution >= 0.6 is 0 Å². The van der Waals surface area contributed by atoms with E-state index in [1.807, 2.05) is 18.7 Å². The Hall–Kier alpha value is -1.06. The maximum atomic E-state index is 12.2. The Kier molecular flexibility index (Phi) is 4.17. The van der Waals surface area contributed by atoms with Gasteiger partial charge >= 0.3 is 5.97 Å². The van der Waals surface area contributed by atoms with Crippen LogP contribution in [0.25, 0.3) is 0 Å². The van der Waals surface area contributed by atoms with E-state index >= 15 is 0 Å². The molecule has 4 heteroatoms. The molecule has 17 heavy (non-hydrogen) atoms. The molecule has 1 aliphatic rings. The van der Waals surface area contributed by atoms with Crippen molar-refractivity contribution >= 4 is 11.9 Å². The first-order valence-electron chi connectivity index (χ1n) is 6.30. The molecule has 1 aliphatic heterocycles. The van der Waals surface area contributed by atoms with E-state index in [4.69, 9.17) is 5.11 Å². The fourth-order valence-corrected chi connectivity index (χ4v) is 2.46. The van der Waals surface area contributed by atoms with Gasteiger partial charge in [-0.25, -0.2) is 0 Å². The molecule has 1 saturated heterocycles. The Labute approximate surface area is 103 Å². The minimum absolute atomic E-state index is 0.0305. The number of hydrogen-bond acceptors (Lipinski definition) is 2. The molecule has 0 radical (unpaired) electrons. The summed E-state index contributed by atoms with van der Waals surface area (Å²) >= 11 is 0. The van der Waals surface area contributed by atoms with E-state index in [0.29, 0.717) is 0 Å². The number of rotatable bonds is 3. The van der Waals surface area contributed by atoms with E-state index < -0.39 is 11.4 Å². The van der Waals surface area contributed by atoms with Crippen LogP contribution in [0.2, 0.25) is 0 Å². The maximum Gasteiger partial charge on any atom is 0.309 e. The second-order valence-electron chi connectivity index (χ2n) is 5.80. The Balaban J connectivity index is 2.72. The van der Waals surface area contributed by atoms with Crippen molar-refractivity contribution in [3.05, 3.63) is 0 Å². The molecule has 1 N–H and O–H groups in total. The zero-order valence-electron chi connectivity index (χ0n) is 11.2. The van der Waals surface area contributed by atoms with Crippen LogP contribution in [0, 0.1) is 5.41 Å². The number of nitrogens with zero attached hydrogens (tertiary/aromatic N) is 1. The van der Waals surface area contributed by atoms with Gasteiger partial charge < -0.3 is 10.0 Å². The van der Waals surface area contributed by atoms with Gasteiger partial charge in [-0.1, -0.05) is 0 Å². The number of carbonyl (C=O) groups excluding carboxylic acids is 1. The monoisotopic (exact) mass is 241 g/mol. The number of hydrogen-bond donors (Lipinski definition) is 1. The molecule has 0 saturated carbocycles. The first-order valence-corrected chi connectivity index (χ1v) is 6.30. The van der Waals surface area contributed by atoms with Crippen molar-refractivity contribution in [1.82, 2.24) is 4.90 Å². The summed E-state index contributed by atoms with van der Waals surface area (Å²) in [6, 6.07) is 0.465. The zero-order valence-corrected chi connectivity index (χ0v) is 11.2. The van der Waals surface area contributed by atoms with E-state index in [9.17, 15) is 9.59 Å². The van der Waals surface area contributed by atoms with Crippen LogP contribution in [0.5, 0.6) is 0 Å². The molecule has 0 aromatic rings. The van der Waals surface area contributed by atoms with Crippen molar-refractivity contribution in [3.63, 3.8) is 0 Å². The lowest BCUT2D eigenvalue weighted by Crippen LogP contribution is -2.49. The quantitative estimate of drug-likeness (QED) is 0.824. The molecular formula is C13H23NO3. The Morgan fingerprint density at radius 2 is 1.71 bits per heavy atom. The minimum Gasteiger partial charge on any atom is -0.481 e. The third-order valence-electron chi connectivity index (χ3n) is 3.65. The molecule has 0 bridgehead atoms. The number of carboxylic acid groups (broad SMARTS) is 1. The van der Waals surface area contributed by atoms with E-state index in [2.05, 4.69) is 0 Å². The second-order valence-corrected chi connectivity index (χ2v) is 5.80. The van der Waals surface area contributed by atoms with Crippen LogP contribution < -0.4 is 0 Å². The molecule has 98 valence electrons. The smallest absolute Gasteiger partial charge is 0.309 e. The van der Waals surface area contributed by atoms with Gasteiger partial charge in [-0.05, 0) is 47.0 Å². The first-order chi connectivity index (χ1) is 7.75. The summed E-state index contributed by atoms with van der Waals surface area (Å²) in [5, 5.41) is 9.05. The van der Waals surface area contributed by atoms with Crippen LogP contribution in [-0.4, -0.2) is 34.0 Å². The Bertz CT molecular complexity index is 302. The predicted molar refractivity (Wildman–Crippen MR) is 65.7 cm³/mol. The van der Waals surface area contributed by atoms with E-state index in [0.717, 1.165) is 19.3 Å². The first kappa shape index (κ1) is 14.0. The highest BCUT2D eigenvalue weighted by Gasteiger charge is 2.35. The van der Waals surface area contributed by atoms with Gasteiger partial charge in [0.15, 0.2) is 0 Å². The van der Waals surface area contributed by atoms with Gasteiger partial charge in [0.2, 0.25) is 5.91 Å². The summed E-state index contributed by atoms with van der Waals surface area (Å²) in [5.41, 5.74) is -0.978. The summed E-state index contributed by atoms with van der Waals surface area (Å²) in [5.74, 6) is -0.944. The molecule has 2 atom stereocenters. The lowest BCUT2D eigenvalue weighted by atomic mass is 9.87. The number of piperidine rings is 1. The Morgan fingerprint density at radius 3 is 2.12 bits per heavy atom. The fourth-order valence-electron chi connectivity index (χ4n) is 2.46. The van der Waals surface area contributed by atoms with Gasteiger partial charge in [-0.3, -0.25) is 9.59 Å². The molecule has 0 aromatic heterocycles. The molecule has 0 spiro atoms. The molecule has 1 amide bonds.